The first-order valence-electron chi connectivity index (χ1n) is 5.11. The van der Waals surface area contributed by atoms with Crippen molar-refractivity contribution in [3.8, 4) is 5.75 Å². The fourth-order valence-corrected chi connectivity index (χ4v) is 0.872. The Hall–Kier alpha value is -1.88. The second-order valence-electron chi connectivity index (χ2n) is 3.78. The summed E-state index contributed by atoms with van der Waals surface area (Å²) in [6, 6.07) is 5.69. The van der Waals surface area contributed by atoms with E-state index in [0.29, 0.717) is 11.8 Å². The Labute approximate surface area is 99.9 Å². The van der Waals surface area contributed by atoms with Crippen molar-refractivity contribution in [3.63, 3.8) is 0 Å². The molecule has 0 radical (unpaired) electrons. The van der Waals surface area contributed by atoms with E-state index in [1.807, 2.05) is 0 Å². The van der Waals surface area contributed by atoms with Gasteiger partial charge in [-0.2, -0.15) is 0 Å². The molecule has 0 bridgehead atoms. The minimum Gasteiger partial charge on any atom is -0.507 e. The van der Waals surface area contributed by atoms with Crippen LogP contribution in [0.5, 0.6) is 5.75 Å². The fourth-order valence-electron chi connectivity index (χ4n) is 0.872. The van der Waals surface area contributed by atoms with Gasteiger partial charge in [-0.1, -0.05) is 26.0 Å². The van der Waals surface area contributed by atoms with Crippen molar-refractivity contribution in [1.29, 1.82) is 0 Å². The third-order valence-electron chi connectivity index (χ3n) is 2.07. The molecule has 0 spiro atoms. The molecular weight excluding hydrogens is 222 g/mol. The molecule has 5 nitrogen and oxygen atoms in total. The Kier molecular flexibility index (Phi) is 6.58. The minimum absolute atomic E-state index is 0.0208. The van der Waals surface area contributed by atoms with Crippen LogP contribution in [-0.2, 0) is 4.79 Å². The maximum atomic E-state index is 10.1. The maximum Gasteiger partial charge on any atom is 0.320 e. The summed E-state index contributed by atoms with van der Waals surface area (Å²) >= 11 is 0. The lowest BCUT2D eigenvalue weighted by Gasteiger charge is -2.07. The highest BCUT2D eigenvalue weighted by atomic mass is 16.4. The first kappa shape index (κ1) is 15.1. The summed E-state index contributed by atoms with van der Waals surface area (Å²) in [5.41, 5.74) is 5.49. The van der Waals surface area contributed by atoms with Crippen LogP contribution in [-0.4, -0.2) is 28.5 Å². The largest absolute Gasteiger partial charge is 0.507 e. The van der Waals surface area contributed by atoms with Gasteiger partial charge in [0.2, 0.25) is 0 Å². The van der Waals surface area contributed by atoms with Gasteiger partial charge < -0.3 is 15.9 Å². The normalized spacial score (nSPS) is 11.3. The van der Waals surface area contributed by atoms with Crippen LogP contribution in [0.3, 0.4) is 0 Å². The van der Waals surface area contributed by atoms with Gasteiger partial charge in [-0.05, 0) is 18.1 Å². The molecule has 17 heavy (non-hydrogen) atoms. The molecule has 5 heteroatoms. The molecule has 1 atom stereocenters. The summed E-state index contributed by atoms with van der Waals surface area (Å²) in [5.74, 6) is -0.875. The Morgan fingerprint density at radius 2 is 1.88 bits per heavy atom. The van der Waals surface area contributed by atoms with Crippen molar-refractivity contribution >= 4 is 12.3 Å². The summed E-state index contributed by atoms with van der Waals surface area (Å²) in [5, 5.41) is 17.1. The number of carbonyl (C=O) groups is 2. The smallest absolute Gasteiger partial charge is 0.320 e. The first-order chi connectivity index (χ1) is 7.90. The van der Waals surface area contributed by atoms with E-state index in [1.54, 1.807) is 32.0 Å². The zero-order valence-electron chi connectivity index (χ0n) is 9.83. The average molecular weight is 239 g/mol. The molecule has 0 unspecified atom stereocenters. The number of aliphatic carboxylic acids is 1. The molecule has 0 aliphatic rings. The van der Waals surface area contributed by atoms with Gasteiger partial charge in [-0.15, -0.1) is 0 Å². The summed E-state index contributed by atoms with van der Waals surface area (Å²) in [6.07, 6.45) is 0.620. The van der Waals surface area contributed by atoms with Crippen LogP contribution < -0.4 is 5.73 Å². The van der Waals surface area contributed by atoms with Crippen molar-refractivity contribution in [3.05, 3.63) is 29.8 Å². The maximum absolute atomic E-state index is 10.1. The van der Waals surface area contributed by atoms with E-state index in [9.17, 15) is 9.59 Å². The Morgan fingerprint density at radius 1 is 1.35 bits per heavy atom. The lowest BCUT2D eigenvalue weighted by molar-refractivity contribution is -0.139. The van der Waals surface area contributed by atoms with E-state index in [0.717, 1.165) is 0 Å². The monoisotopic (exact) mass is 239 g/mol. The zero-order valence-corrected chi connectivity index (χ0v) is 9.83. The highest BCUT2D eigenvalue weighted by molar-refractivity contribution is 5.78. The minimum atomic E-state index is -0.931. The van der Waals surface area contributed by atoms with Gasteiger partial charge in [-0.3, -0.25) is 9.59 Å². The first-order valence-corrected chi connectivity index (χ1v) is 5.11. The highest BCUT2D eigenvalue weighted by Gasteiger charge is 2.14. The van der Waals surface area contributed by atoms with Crippen molar-refractivity contribution < 1.29 is 19.8 Å². The second kappa shape index (κ2) is 7.40. The number of aromatic hydroxyl groups is 1. The molecule has 4 N–H and O–H groups in total. The molecule has 1 aromatic carbocycles. The molecule has 0 aromatic heterocycles. The average Bonchev–Trinajstić information content (AvgIpc) is 2.29. The van der Waals surface area contributed by atoms with Gasteiger partial charge in [0.1, 0.15) is 11.8 Å². The van der Waals surface area contributed by atoms with Gasteiger partial charge in [0.25, 0.3) is 0 Å². The van der Waals surface area contributed by atoms with Gasteiger partial charge in [0, 0.05) is 0 Å². The Balaban J connectivity index is 0.000000304. The van der Waals surface area contributed by atoms with Crippen molar-refractivity contribution in [2.75, 3.05) is 0 Å². The predicted octanol–water partition coefficient (Wildman–Crippen LogP) is 1.26. The van der Waals surface area contributed by atoms with Crippen LogP contribution in [0, 0.1) is 5.92 Å². The standard InChI is InChI=1S/C7H6O2.C5H11NO2/c8-5-6-3-1-2-4-7(6)9;1-3(2)4(6)5(7)8/h1-5,9H;3-4H,6H2,1-2H3,(H,7,8)/t;4-/m.0/s1. The second-order valence-corrected chi connectivity index (χ2v) is 3.78. The lowest BCUT2D eigenvalue weighted by Crippen LogP contribution is -2.34. The van der Waals surface area contributed by atoms with Crippen LogP contribution in [0.1, 0.15) is 24.2 Å². The number of para-hydroxylation sites is 1. The third kappa shape index (κ3) is 5.67. The summed E-state index contributed by atoms with van der Waals surface area (Å²) in [6.45, 7) is 3.55. The fraction of sp³-hybridized carbons (Fsp3) is 0.333. The van der Waals surface area contributed by atoms with E-state index in [-0.39, 0.29) is 11.7 Å². The van der Waals surface area contributed by atoms with E-state index in [1.165, 1.54) is 6.07 Å². The number of hydrogen-bond donors (Lipinski definition) is 3. The highest BCUT2D eigenvalue weighted by Crippen LogP contribution is 2.11. The molecule has 0 saturated carbocycles. The van der Waals surface area contributed by atoms with Crippen LogP contribution in [0.15, 0.2) is 24.3 Å². The number of nitrogens with two attached hydrogens (primary N) is 1. The van der Waals surface area contributed by atoms with E-state index < -0.39 is 12.0 Å². The number of carboxylic acid groups (broad SMARTS) is 1. The Morgan fingerprint density at radius 3 is 2.12 bits per heavy atom. The topological polar surface area (TPSA) is 101 Å². The van der Waals surface area contributed by atoms with E-state index >= 15 is 0 Å². The number of phenols is 1. The van der Waals surface area contributed by atoms with Gasteiger partial charge in [0.15, 0.2) is 6.29 Å². The van der Waals surface area contributed by atoms with Crippen LogP contribution >= 0.6 is 0 Å². The quantitative estimate of drug-likeness (QED) is 0.689. The molecule has 0 fully saturated rings. The number of carboxylic acids is 1. The predicted molar refractivity (Wildman–Crippen MR) is 63.9 cm³/mol. The van der Waals surface area contributed by atoms with E-state index in [2.05, 4.69) is 0 Å². The van der Waals surface area contributed by atoms with E-state index in [4.69, 9.17) is 15.9 Å². The van der Waals surface area contributed by atoms with Crippen molar-refractivity contribution in [2.45, 2.75) is 19.9 Å². The molecule has 0 amide bonds. The van der Waals surface area contributed by atoms with Crippen LogP contribution in [0.25, 0.3) is 0 Å². The van der Waals surface area contributed by atoms with Crippen molar-refractivity contribution in [1.82, 2.24) is 0 Å². The summed E-state index contributed by atoms with van der Waals surface area (Å²) < 4.78 is 0. The molecule has 1 rings (SSSR count). The number of aldehydes is 1. The molecule has 0 heterocycles. The number of benzene rings is 1. The van der Waals surface area contributed by atoms with Gasteiger partial charge >= 0.3 is 5.97 Å². The van der Waals surface area contributed by atoms with Gasteiger partial charge in [0.05, 0.1) is 5.56 Å². The molecule has 0 saturated heterocycles. The molecule has 0 aliphatic carbocycles. The molecule has 1 aromatic rings. The molecular formula is C12H17NO4. The zero-order chi connectivity index (χ0) is 13.4. The van der Waals surface area contributed by atoms with Crippen LogP contribution in [0.4, 0.5) is 0 Å². The number of phenolic OH excluding ortho intramolecular Hbond substituents is 1. The molecule has 94 valence electrons. The molecule has 0 aliphatic heterocycles. The summed E-state index contributed by atoms with van der Waals surface area (Å²) in [7, 11) is 0. The lowest BCUT2D eigenvalue weighted by atomic mass is 10.1. The number of rotatable bonds is 3. The van der Waals surface area contributed by atoms with Crippen LogP contribution in [0.2, 0.25) is 0 Å². The number of hydrogen-bond acceptors (Lipinski definition) is 4. The number of carbonyl (C=O) groups excluding carboxylic acids is 1. The Bertz CT molecular complexity index is 377. The van der Waals surface area contributed by atoms with Crippen molar-refractivity contribution in [2.24, 2.45) is 11.7 Å². The SMILES string of the molecule is CC(C)[C@H](N)C(=O)O.O=Cc1ccccc1O. The van der Waals surface area contributed by atoms with Gasteiger partial charge in [-0.25, -0.2) is 0 Å². The third-order valence-corrected chi connectivity index (χ3v) is 2.07. The summed E-state index contributed by atoms with van der Waals surface area (Å²) in [4.78, 5) is 20.1.